The molecule has 0 spiro atoms. The molecule has 2 aromatic rings. The third kappa shape index (κ3) is 15.8. The summed E-state index contributed by atoms with van der Waals surface area (Å²) in [6.07, 6.45) is 36.1. The summed E-state index contributed by atoms with van der Waals surface area (Å²) in [5.41, 5.74) is 1.60. The van der Waals surface area contributed by atoms with Gasteiger partial charge in [0.05, 0.1) is 0 Å². The third-order valence-corrected chi connectivity index (χ3v) is 5.62. The van der Waals surface area contributed by atoms with E-state index in [0.29, 0.717) is 17.7 Å². The minimum atomic E-state index is -0.349. The largest absolute Gasteiger partial charge is 0.508 e. The van der Waals surface area contributed by atoms with Crippen molar-refractivity contribution in [3.8, 4) is 17.2 Å². The molecule has 0 aliphatic heterocycles. The quantitative estimate of drug-likeness (QED) is 0.0910. The van der Waals surface area contributed by atoms with Gasteiger partial charge < -0.3 is 14.9 Å². The highest BCUT2D eigenvalue weighted by Gasteiger charge is 2.06. The van der Waals surface area contributed by atoms with Gasteiger partial charge in [0, 0.05) is 12.5 Å². The molecule has 2 rings (SSSR count). The molecular formula is C36H42O4. The van der Waals surface area contributed by atoms with Gasteiger partial charge in [-0.2, -0.15) is 0 Å². The fourth-order valence-electron chi connectivity index (χ4n) is 3.56. The summed E-state index contributed by atoms with van der Waals surface area (Å²) in [5, 5.41) is 19.4. The number of hydrogen-bond acceptors (Lipinski definition) is 4. The van der Waals surface area contributed by atoms with Crippen LogP contribution < -0.4 is 4.74 Å². The molecular weight excluding hydrogens is 496 g/mol. The molecule has 2 aromatic carbocycles. The van der Waals surface area contributed by atoms with E-state index in [0.717, 1.165) is 44.1 Å². The van der Waals surface area contributed by atoms with Crippen molar-refractivity contribution < 1.29 is 19.7 Å². The van der Waals surface area contributed by atoms with Crippen LogP contribution in [0.1, 0.15) is 69.4 Å². The van der Waals surface area contributed by atoms with Crippen LogP contribution in [0.3, 0.4) is 0 Å². The van der Waals surface area contributed by atoms with Gasteiger partial charge in [-0.05, 0) is 80.3 Å². The molecule has 0 aliphatic rings. The smallest absolute Gasteiger partial charge is 0.311 e. The van der Waals surface area contributed by atoms with E-state index in [1.807, 2.05) is 18.2 Å². The van der Waals surface area contributed by atoms with Crippen molar-refractivity contribution in [1.82, 2.24) is 0 Å². The Hall–Kier alpha value is -4.31. The average Bonchev–Trinajstić information content (AvgIpc) is 2.93. The summed E-state index contributed by atoms with van der Waals surface area (Å²) in [6.45, 7) is 2.15. The zero-order valence-electron chi connectivity index (χ0n) is 23.5. The maximum Gasteiger partial charge on any atom is 0.311 e. The first-order valence-electron chi connectivity index (χ1n) is 14.0. The first-order chi connectivity index (χ1) is 19.6. The van der Waals surface area contributed by atoms with Gasteiger partial charge in [0.25, 0.3) is 0 Å². The summed E-state index contributed by atoms with van der Waals surface area (Å²) in [5.74, 6) is 0.178. The number of phenols is 2. The molecule has 40 heavy (non-hydrogen) atoms. The number of phenolic OH excluding ortho intramolecular Hbond substituents is 2. The van der Waals surface area contributed by atoms with Crippen LogP contribution in [0.25, 0.3) is 12.2 Å². The second kappa shape index (κ2) is 20.6. The molecule has 0 saturated heterocycles. The molecule has 0 aliphatic carbocycles. The Labute approximate surface area is 239 Å². The van der Waals surface area contributed by atoms with E-state index in [1.165, 1.54) is 6.07 Å². The highest BCUT2D eigenvalue weighted by atomic mass is 16.5. The molecule has 0 radical (unpaired) electrons. The highest BCUT2D eigenvalue weighted by Crippen LogP contribution is 2.24. The van der Waals surface area contributed by atoms with E-state index in [9.17, 15) is 15.0 Å². The normalized spacial score (nSPS) is 12.5. The van der Waals surface area contributed by atoms with Crippen LogP contribution in [0.15, 0.2) is 115 Å². The lowest BCUT2D eigenvalue weighted by molar-refractivity contribution is -0.134. The first-order valence-corrected chi connectivity index (χ1v) is 14.0. The third-order valence-electron chi connectivity index (χ3n) is 5.62. The van der Waals surface area contributed by atoms with Gasteiger partial charge in [-0.15, -0.1) is 0 Å². The Balaban J connectivity index is 1.59. The number of rotatable bonds is 17. The Kier molecular flexibility index (Phi) is 16.5. The lowest BCUT2D eigenvalue weighted by atomic mass is 10.1. The summed E-state index contributed by atoms with van der Waals surface area (Å²) in [7, 11) is 0. The van der Waals surface area contributed by atoms with Gasteiger partial charge in [-0.25, -0.2) is 0 Å². The molecule has 0 saturated carbocycles. The predicted molar refractivity (Wildman–Crippen MR) is 168 cm³/mol. The zero-order valence-corrected chi connectivity index (χ0v) is 23.5. The maximum absolute atomic E-state index is 12.2. The van der Waals surface area contributed by atoms with Crippen molar-refractivity contribution in [2.75, 3.05) is 0 Å². The van der Waals surface area contributed by atoms with Gasteiger partial charge >= 0.3 is 5.97 Å². The van der Waals surface area contributed by atoms with Gasteiger partial charge in [-0.1, -0.05) is 104 Å². The van der Waals surface area contributed by atoms with Gasteiger partial charge in [-0.3, -0.25) is 4.79 Å². The molecule has 0 amide bonds. The number of allylic oxidation sites excluding steroid dienone is 12. The molecule has 0 bridgehead atoms. The topological polar surface area (TPSA) is 66.8 Å². The summed E-state index contributed by atoms with van der Waals surface area (Å²) < 4.78 is 5.41. The number of carbonyl (C=O) groups excluding carboxylic acids is 1. The minimum absolute atomic E-state index is 0.0209. The van der Waals surface area contributed by atoms with Crippen LogP contribution >= 0.6 is 0 Å². The Bertz CT molecular complexity index is 1210. The fourth-order valence-corrected chi connectivity index (χ4v) is 3.56. The summed E-state index contributed by atoms with van der Waals surface area (Å²) in [4.78, 5) is 12.2. The fraction of sp³-hybridized carbons (Fsp3) is 0.250. The van der Waals surface area contributed by atoms with E-state index in [1.54, 1.807) is 42.5 Å². The Morgan fingerprint density at radius 1 is 0.625 bits per heavy atom. The number of carbonyl (C=O) groups is 1. The average molecular weight is 539 g/mol. The summed E-state index contributed by atoms with van der Waals surface area (Å²) >= 11 is 0. The summed E-state index contributed by atoms with van der Waals surface area (Å²) in [6, 6.07) is 11.5. The van der Waals surface area contributed by atoms with Gasteiger partial charge in [0.15, 0.2) is 0 Å². The lowest BCUT2D eigenvalue weighted by Crippen LogP contribution is -2.07. The number of benzene rings is 2. The van der Waals surface area contributed by atoms with Crippen molar-refractivity contribution in [3.05, 3.63) is 127 Å². The van der Waals surface area contributed by atoms with Crippen LogP contribution in [0.4, 0.5) is 0 Å². The lowest BCUT2D eigenvalue weighted by Gasteiger charge is -2.06. The van der Waals surface area contributed by atoms with E-state index in [4.69, 9.17) is 4.74 Å². The van der Waals surface area contributed by atoms with E-state index in [-0.39, 0.29) is 23.9 Å². The molecule has 0 fully saturated rings. The molecule has 210 valence electrons. The van der Waals surface area contributed by atoms with Crippen molar-refractivity contribution in [3.63, 3.8) is 0 Å². The van der Waals surface area contributed by atoms with Gasteiger partial charge in [0.2, 0.25) is 0 Å². The van der Waals surface area contributed by atoms with E-state index in [2.05, 4.69) is 67.7 Å². The molecule has 4 heteroatoms. The second-order valence-electron chi connectivity index (χ2n) is 9.11. The maximum atomic E-state index is 12.2. The van der Waals surface area contributed by atoms with Crippen LogP contribution in [0.2, 0.25) is 0 Å². The van der Waals surface area contributed by atoms with Crippen LogP contribution in [0.5, 0.6) is 17.2 Å². The minimum Gasteiger partial charge on any atom is -0.508 e. The Morgan fingerprint density at radius 2 is 1.12 bits per heavy atom. The van der Waals surface area contributed by atoms with Gasteiger partial charge in [0.1, 0.15) is 17.2 Å². The van der Waals surface area contributed by atoms with Crippen molar-refractivity contribution in [2.45, 2.75) is 58.3 Å². The predicted octanol–water partition coefficient (Wildman–Crippen LogP) is 9.65. The highest BCUT2D eigenvalue weighted by molar-refractivity contribution is 5.74. The number of aromatic hydroxyl groups is 2. The van der Waals surface area contributed by atoms with Crippen molar-refractivity contribution >= 4 is 18.1 Å². The SMILES string of the molecule is CCC=CCC=CCC=CCC=CCC=CCC=CCCC(=O)Oc1cc(O)cc(/C=C/c2ccc(O)cc2)c1. The molecule has 0 unspecified atom stereocenters. The standard InChI is InChI=1S/C36H42O4/c1-2-3-4-5-6-7-8-9-10-11-12-13-14-15-16-17-18-19-20-21-36(39)40-35-29-32(28-34(38)30-35)23-22-31-24-26-33(37)27-25-31/h3-4,6-7,9-10,12-13,15-16,18-19,22-30,37-38H,2,5,8,11,14,17,20-21H2,1H3/b4-3?,7-6?,10-9?,13-12?,16-15?,19-18?,23-22+. The molecule has 4 nitrogen and oxygen atoms in total. The molecule has 0 heterocycles. The molecule has 2 N–H and O–H groups in total. The number of ether oxygens (including phenoxy) is 1. The number of hydrogen-bond donors (Lipinski definition) is 2. The number of esters is 1. The monoisotopic (exact) mass is 538 g/mol. The van der Waals surface area contributed by atoms with E-state index >= 15 is 0 Å². The second-order valence-corrected chi connectivity index (χ2v) is 9.11. The van der Waals surface area contributed by atoms with Crippen LogP contribution in [-0.4, -0.2) is 16.2 Å². The zero-order chi connectivity index (χ0) is 28.7. The van der Waals surface area contributed by atoms with E-state index < -0.39 is 0 Å². The molecule has 0 aromatic heterocycles. The van der Waals surface area contributed by atoms with Crippen molar-refractivity contribution in [1.29, 1.82) is 0 Å². The van der Waals surface area contributed by atoms with Crippen LogP contribution in [0, 0.1) is 0 Å². The molecule has 0 atom stereocenters. The Morgan fingerprint density at radius 3 is 1.68 bits per heavy atom. The van der Waals surface area contributed by atoms with Crippen LogP contribution in [-0.2, 0) is 4.79 Å². The first kappa shape index (κ1) is 31.9. The van der Waals surface area contributed by atoms with Crippen molar-refractivity contribution in [2.24, 2.45) is 0 Å².